The minimum absolute atomic E-state index is 0.0487. The molecular weight excluding hydrogens is 357 g/mol. The number of rotatable bonds is 7. The van der Waals surface area contributed by atoms with Crippen molar-refractivity contribution >= 4 is 23.3 Å². The van der Waals surface area contributed by atoms with Gasteiger partial charge in [0.2, 0.25) is 5.91 Å². The lowest BCUT2D eigenvalue weighted by molar-refractivity contribution is -0.122. The van der Waals surface area contributed by atoms with Crippen LogP contribution in [0.15, 0.2) is 42.5 Å². The quantitative estimate of drug-likeness (QED) is 0.722. The van der Waals surface area contributed by atoms with Gasteiger partial charge in [0.05, 0.1) is 12.6 Å². The van der Waals surface area contributed by atoms with Gasteiger partial charge in [-0.05, 0) is 55.8 Å². The molecule has 0 bridgehead atoms. The number of ether oxygens (including phenoxy) is 1. The molecule has 0 spiro atoms. The molecule has 2 aromatic rings. The molecule has 0 aliphatic rings. The van der Waals surface area contributed by atoms with Gasteiger partial charge in [0.15, 0.2) is 5.78 Å². The number of methoxy groups -OCH3 is 1. The zero-order valence-electron chi connectivity index (χ0n) is 14.9. The number of ketones is 1. The van der Waals surface area contributed by atoms with Crippen LogP contribution in [-0.4, -0.2) is 18.8 Å². The summed E-state index contributed by atoms with van der Waals surface area (Å²) in [5.41, 5.74) is 0.347. The van der Waals surface area contributed by atoms with Crippen molar-refractivity contribution in [1.82, 2.24) is 5.32 Å². The van der Waals surface area contributed by atoms with E-state index < -0.39 is 11.4 Å². The molecule has 6 heteroatoms. The first-order valence-corrected chi connectivity index (χ1v) is 8.54. The SMILES string of the molecule is COc1ccc(C(=O)CCC(=O)NC(C)(C)c2ccc(F)cc2Cl)cc1. The van der Waals surface area contributed by atoms with Crippen molar-refractivity contribution in [2.45, 2.75) is 32.2 Å². The van der Waals surface area contributed by atoms with Crippen LogP contribution < -0.4 is 10.1 Å². The predicted octanol–water partition coefficient (Wildman–Crippen LogP) is 4.50. The Morgan fingerprint density at radius 1 is 1.12 bits per heavy atom. The molecule has 0 unspecified atom stereocenters. The smallest absolute Gasteiger partial charge is 0.221 e. The summed E-state index contributed by atoms with van der Waals surface area (Å²) in [5.74, 6) is -0.180. The van der Waals surface area contributed by atoms with Crippen molar-refractivity contribution in [3.8, 4) is 5.75 Å². The Morgan fingerprint density at radius 2 is 1.77 bits per heavy atom. The van der Waals surface area contributed by atoms with Gasteiger partial charge in [-0.3, -0.25) is 9.59 Å². The van der Waals surface area contributed by atoms with Gasteiger partial charge in [-0.2, -0.15) is 0 Å². The number of amides is 1. The average Bonchev–Trinajstić information content (AvgIpc) is 2.59. The van der Waals surface area contributed by atoms with Crippen molar-refractivity contribution in [2.24, 2.45) is 0 Å². The average molecular weight is 378 g/mol. The summed E-state index contributed by atoms with van der Waals surface area (Å²) in [6.45, 7) is 3.55. The molecule has 0 saturated heterocycles. The third-order valence-corrected chi connectivity index (χ3v) is 4.36. The van der Waals surface area contributed by atoms with E-state index in [0.29, 0.717) is 16.9 Å². The number of carbonyl (C=O) groups excluding carboxylic acids is 2. The largest absolute Gasteiger partial charge is 0.497 e. The van der Waals surface area contributed by atoms with Crippen molar-refractivity contribution in [1.29, 1.82) is 0 Å². The summed E-state index contributed by atoms with van der Waals surface area (Å²) in [6, 6.07) is 10.8. The molecule has 26 heavy (non-hydrogen) atoms. The van der Waals surface area contributed by atoms with Crippen molar-refractivity contribution in [3.05, 3.63) is 64.4 Å². The summed E-state index contributed by atoms with van der Waals surface area (Å²) >= 11 is 6.07. The molecule has 4 nitrogen and oxygen atoms in total. The van der Waals surface area contributed by atoms with Crippen LogP contribution in [0.1, 0.15) is 42.6 Å². The second-order valence-electron chi connectivity index (χ2n) is 6.45. The van der Waals surface area contributed by atoms with Crippen LogP contribution in [0.2, 0.25) is 5.02 Å². The van der Waals surface area contributed by atoms with Crippen LogP contribution in [-0.2, 0) is 10.3 Å². The number of benzene rings is 2. The van der Waals surface area contributed by atoms with E-state index in [9.17, 15) is 14.0 Å². The maximum atomic E-state index is 13.2. The summed E-state index contributed by atoms with van der Waals surface area (Å²) in [5, 5.41) is 3.08. The lowest BCUT2D eigenvalue weighted by Gasteiger charge is -2.28. The van der Waals surface area contributed by atoms with Crippen LogP contribution in [0, 0.1) is 5.82 Å². The molecule has 138 valence electrons. The first-order valence-electron chi connectivity index (χ1n) is 8.17. The molecule has 0 heterocycles. The molecule has 1 N–H and O–H groups in total. The highest BCUT2D eigenvalue weighted by Gasteiger charge is 2.25. The fourth-order valence-corrected chi connectivity index (χ4v) is 3.03. The van der Waals surface area contributed by atoms with E-state index in [4.69, 9.17) is 16.3 Å². The Morgan fingerprint density at radius 3 is 2.35 bits per heavy atom. The molecule has 0 aromatic heterocycles. The second-order valence-corrected chi connectivity index (χ2v) is 6.86. The second kappa shape index (κ2) is 8.32. The van der Waals surface area contributed by atoms with E-state index in [-0.39, 0.29) is 29.6 Å². The lowest BCUT2D eigenvalue weighted by Crippen LogP contribution is -2.41. The Kier molecular flexibility index (Phi) is 6.37. The predicted molar refractivity (Wildman–Crippen MR) is 99.1 cm³/mol. The zero-order chi connectivity index (χ0) is 19.3. The molecule has 0 aliphatic heterocycles. The van der Waals surface area contributed by atoms with Crippen molar-refractivity contribution in [2.75, 3.05) is 7.11 Å². The third kappa shape index (κ3) is 5.05. The van der Waals surface area contributed by atoms with Gasteiger partial charge in [-0.1, -0.05) is 17.7 Å². The van der Waals surface area contributed by atoms with Gasteiger partial charge in [0.1, 0.15) is 11.6 Å². The Hall–Kier alpha value is -2.40. The highest BCUT2D eigenvalue weighted by atomic mass is 35.5. The van der Waals surface area contributed by atoms with E-state index in [1.165, 1.54) is 12.1 Å². The molecule has 0 radical (unpaired) electrons. The number of Topliss-reactive ketones (excluding diaryl/α,β-unsaturated/α-hetero) is 1. The zero-order valence-corrected chi connectivity index (χ0v) is 15.7. The highest BCUT2D eigenvalue weighted by Crippen LogP contribution is 2.28. The van der Waals surface area contributed by atoms with Gasteiger partial charge < -0.3 is 10.1 Å². The summed E-state index contributed by atoms with van der Waals surface area (Å²) in [7, 11) is 1.55. The third-order valence-electron chi connectivity index (χ3n) is 4.05. The number of nitrogens with one attached hydrogen (secondary N) is 1. The molecule has 0 saturated carbocycles. The Balaban J connectivity index is 1.95. The van der Waals surface area contributed by atoms with Crippen LogP contribution in [0.5, 0.6) is 5.75 Å². The van der Waals surface area contributed by atoms with E-state index in [1.807, 2.05) is 0 Å². The number of carbonyl (C=O) groups is 2. The van der Waals surface area contributed by atoms with Gasteiger partial charge >= 0.3 is 0 Å². The minimum Gasteiger partial charge on any atom is -0.497 e. The van der Waals surface area contributed by atoms with Gasteiger partial charge in [-0.25, -0.2) is 4.39 Å². The fraction of sp³-hybridized carbons (Fsp3) is 0.300. The monoisotopic (exact) mass is 377 g/mol. The number of hydrogen-bond donors (Lipinski definition) is 1. The van der Waals surface area contributed by atoms with Crippen LogP contribution in [0.25, 0.3) is 0 Å². The van der Waals surface area contributed by atoms with Gasteiger partial charge in [0.25, 0.3) is 0 Å². The van der Waals surface area contributed by atoms with Gasteiger partial charge in [-0.15, -0.1) is 0 Å². The molecular formula is C20H21ClFNO3. The molecule has 1 amide bonds. The molecule has 2 rings (SSSR count). The van der Waals surface area contributed by atoms with E-state index in [2.05, 4.69) is 5.32 Å². The number of hydrogen-bond acceptors (Lipinski definition) is 3. The van der Waals surface area contributed by atoms with E-state index >= 15 is 0 Å². The standard InChI is InChI=1S/C20H21ClFNO3/c1-20(2,16-9-6-14(22)12-17(16)21)23-19(25)11-10-18(24)13-4-7-15(26-3)8-5-13/h4-9,12H,10-11H2,1-3H3,(H,23,25). The maximum absolute atomic E-state index is 13.2. The minimum atomic E-state index is -0.787. The fourth-order valence-electron chi connectivity index (χ4n) is 2.62. The van der Waals surface area contributed by atoms with E-state index in [1.54, 1.807) is 51.3 Å². The maximum Gasteiger partial charge on any atom is 0.221 e. The Labute approximate surface area is 157 Å². The van der Waals surface area contributed by atoms with Gasteiger partial charge in [0, 0.05) is 23.4 Å². The first kappa shape index (κ1) is 19.9. The van der Waals surface area contributed by atoms with Crippen molar-refractivity contribution in [3.63, 3.8) is 0 Å². The van der Waals surface area contributed by atoms with Crippen LogP contribution in [0.4, 0.5) is 4.39 Å². The van der Waals surface area contributed by atoms with Crippen molar-refractivity contribution < 1.29 is 18.7 Å². The number of halogens is 2. The molecule has 0 aliphatic carbocycles. The topological polar surface area (TPSA) is 55.4 Å². The Bertz CT molecular complexity index is 803. The van der Waals surface area contributed by atoms with Crippen LogP contribution >= 0.6 is 11.6 Å². The van der Waals surface area contributed by atoms with E-state index in [0.717, 1.165) is 0 Å². The summed E-state index contributed by atoms with van der Waals surface area (Å²) < 4.78 is 18.3. The first-order chi connectivity index (χ1) is 12.2. The summed E-state index contributed by atoms with van der Waals surface area (Å²) in [4.78, 5) is 24.4. The van der Waals surface area contributed by atoms with Crippen LogP contribution in [0.3, 0.4) is 0 Å². The highest BCUT2D eigenvalue weighted by molar-refractivity contribution is 6.31. The lowest BCUT2D eigenvalue weighted by atomic mass is 9.93. The normalized spacial score (nSPS) is 11.1. The molecule has 0 atom stereocenters. The summed E-state index contributed by atoms with van der Waals surface area (Å²) in [6.07, 6.45) is 0.137. The molecule has 0 fully saturated rings. The molecule has 2 aromatic carbocycles.